The molecule has 1 saturated heterocycles. The van der Waals surface area contributed by atoms with Crippen LogP contribution in [0.3, 0.4) is 0 Å². The van der Waals surface area contributed by atoms with Gasteiger partial charge in [0.2, 0.25) is 5.91 Å². The van der Waals surface area contributed by atoms with Crippen LogP contribution in [0.15, 0.2) is 18.2 Å². The van der Waals surface area contributed by atoms with E-state index in [0.29, 0.717) is 0 Å². The van der Waals surface area contributed by atoms with E-state index in [2.05, 4.69) is 40.8 Å². The smallest absolute Gasteiger partial charge is 0.227 e. The number of imidazole rings is 1. The number of anilines is 1. The summed E-state index contributed by atoms with van der Waals surface area (Å²) in [6.45, 7) is 8.82. The van der Waals surface area contributed by atoms with Gasteiger partial charge in [0, 0.05) is 18.2 Å². The number of carbonyl (C=O) groups excluding carboxylic acids is 1. The molecule has 0 unspecified atom stereocenters. The molecule has 5 nitrogen and oxygen atoms in total. The van der Waals surface area contributed by atoms with Crippen molar-refractivity contribution < 1.29 is 4.79 Å². The summed E-state index contributed by atoms with van der Waals surface area (Å²) in [6.07, 6.45) is 9.33. The minimum absolute atomic E-state index is 0.175. The molecule has 2 fully saturated rings. The Morgan fingerprint density at radius 1 is 1.14 bits per heavy atom. The number of hydrogen-bond acceptors (Lipinski definition) is 3. The molecule has 1 aliphatic carbocycles. The lowest BCUT2D eigenvalue weighted by molar-refractivity contribution is -0.120. The Kier molecular flexibility index (Phi) is 6.53. The second kappa shape index (κ2) is 9.29. The van der Waals surface area contributed by atoms with E-state index in [1.54, 1.807) is 0 Å². The van der Waals surface area contributed by atoms with Crippen LogP contribution in [0.5, 0.6) is 0 Å². The summed E-state index contributed by atoms with van der Waals surface area (Å²) in [4.78, 5) is 20.2. The molecular formula is C24H36N4O. The first kappa shape index (κ1) is 20.4. The van der Waals surface area contributed by atoms with Gasteiger partial charge in [-0.25, -0.2) is 4.98 Å². The van der Waals surface area contributed by atoms with Crippen molar-refractivity contribution >= 4 is 22.6 Å². The number of benzene rings is 1. The molecule has 4 rings (SSSR count). The zero-order valence-corrected chi connectivity index (χ0v) is 18.1. The second-order valence-corrected chi connectivity index (χ2v) is 9.17. The molecule has 1 saturated carbocycles. The molecule has 1 aliphatic heterocycles. The van der Waals surface area contributed by atoms with Crippen molar-refractivity contribution in [2.75, 3.05) is 18.4 Å². The molecule has 1 aromatic heterocycles. The predicted octanol–water partition coefficient (Wildman–Crippen LogP) is 5.20. The molecule has 1 aromatic carbocycles. The van der Waals surface area contributed by atoms with E-state index in [0.717, 1.165) is 55.3 Å². The van der Waals surface area contributed by atoms with E-state index >= 15 is 0 Å². The molecule has 2 aliphatic rings. The quantitative estimate of drug-likeness (QED) is 0.730. The largest absolute Gasteiger partial charge is 0.327 e. The molecule has 2 aromatic rings. The highest BCUT2D eigenvalue weighted by Crippen LogP contribution is 2.27. The minimum Gasteiger partial charge on any atom is -0.327 e. The topological polar surface area (TPSA) is 50.2 Å². The van der Waals surface area contributed by atoms with Crippen molar-refractivity contribution in [3.05, 3.63) is 24.0 Å². The van der Waals surface area contributed by atoms with E-state index in [-0.39, 0.29) is 11.8 Å². The van der Waals surface area contributed by atoms with Crippen LogP contribution in [-0.2, 0) is 17.9 Å². The first-order valence-corrected chi connectivity index (χ1v) is 11.7. The third-order valence-corrected chi connectivity index (χ3v) is 6.76. The number of likely N-dealkylation sites (tertiary alicyclic amines) is 1. The highest BCUT2D eigenvalue weighted by molar-refractivity contribution is 5.94. The lowest BCUT2D eigenvalue weighted by Crippen LogP contribution is -2.33. The van der Waals surface area contributed by atoms with E-state index in [4.69, 9.17) is 4.98 Å². The zero-order chi connectivity index (χ0) is 20.2. The van der Waals surface area contributed by atoms with Crippen molar-refractivity contribution in [2.24, 2.45) is 11.8 Å². The van der Waals surface area contributed by atoms with Crippen molar-refractivity contribution in [3.8, 4) is 0 Å². The average molecular weight is 397 g/mol. The van der Waals surface area contributed by atoms with E-state index < -0.39 is 0 Å². The van der Waals surface area contributed by atoms with Gasteiger partial charge in [0.05, 0.1) is 17.6 Å². The molecule has 2 heterocycles. The van der Waals surface area contributed by atoms with Gasteiger partial charge >= 0.3 is 0 Å². The summed E-state index contributed by atoms with van der Waals surface area (Å²) < 4.78 is 2.38. The third-order valence-electron chi connectivity index (χ3n) is 6.76. The highest BCUT2D eigenvalue weighted by atomic mass is 16.1. The third kappa shape index (κ3) is 4.82. The minimum atomic E-state index is 0.175. The van der Waals surface area contributed by atoms with Gasteiger partial charge in [0.25, 0.3) is 0 Å². The van der Waals surface area contributed by atoms with Crippen molar-refractivity contribution in [1.29, 1.82) is 0 Å². The van der Waals surface area contributed by atoms with Crippen LogP contribution in [-0.4, -0.2) is 33.4 Å². The Hall–Kier alpha value is -1.88. The summed E-state index contributed by atoms with van der Waals surface area (Å²) in [7, 11) is 0. The molecule has 1 N–H and O–H groups in total. The van der Waals surface area contributed by atoms with Gasteiger partial charge in [-0.15, -0.1) is 0 Å². The Balaban J connectivity index is 1.52. The standard InChI is InChI=1S/C24H36N4O/c1-3-13-28-22-10-9-20(25-24(29)19-7-5-4-6-8-19)16-21(22)26-23(28)17-27-14-11-18(2)12-15-27/h9-10,16,18-19H,3-8,11-15,17H2,1-2H3,(H,25,29). The second-order valence-electron chi connectivity index (χ2n) is 9.17. The maximum Gasteiger partial charge on any atom is 0.227 e. The van der Waals surface area contributed by atoms with Gasteiger partial charge < -0.3 is 9.88 Å². The Morgan fingerprint density at radius 3 is 2.62 bits per heavy atom. The van der Waals surface area contributed by atoms with Crippen LogP contribution in [0.25, 0.3) is 11.0 Å². The number of fused-ring (bicyclic) bond motifs is 1. The zero-order valence-electron chi connectivity index (χ0n) is 18.1. The summed E-state index contributed by atoms with van der Waals surface area (Å²) >= 11 is 0. The number of aryl methyl sites for hydroxylation is 1. The van der Waals surface area contributed by atoms with Gasteiger partial charge in [0.15, 0.2) is 0 Å². The summed E-state index contributed by atoms with van der Waals surface area (Å²) in [5.41, 5.74) is 3.07. The van der Waals surface area contributed by atoms with E-state index in [1.165, 1.54) is 50.7 Å². The van der Waals surface area contributed by atoms with Gasteiger partial charge in [-0.05, 0) is 69.3 Å². The summed E-state index contributed by atoms with van der Waals surface area (Å²) in [6, 6.07) is 6.24. The monoisotopic (exact) mass is 396 g/mol. The fourth-order valence-electron chi connectivity index (χ4n) is 4.88. The molecule has 0 spiro atoms. The fourth-order valence-corrected chi connectivity index (χ4v) is 4.88. The average Bonchev–Trinajstić information content (AvgIpc) is 3.07. The van der Waals surface area contributed by atoms with Gasteiger partial charge in [-0.2, -0.15) is 0 Å². The summed E-state index contributed by atoms with van der Waals surface area (Å²) in [5, 5.41) is 3.15. The fraction of sp³-hybridized carbons (Fsp3) is 0.667. The highest BCUT2D eigenvalue weighted by Gasteiger charge is 2.22. The molecule has 0 bridgehead atoms. The number of hydrogen-bond donors (Lipinski definition) is 1. The molecule has 1 amide bonds. The molecule has 0 radical (unpaired) electrons. The van der Waals surface area contributed by atoms with Gasteiger partial charge in [0.1, 0.15) is 5.82 Å². The SMILES string of the molecule is CCCn1c(CN2CCC(C)CC2)nc2cc(NC(=O)C3CCCCC3)ccc21. The predicted molar refractivity (Wildman–Crippen MR) is 119 cm³/mol. The molecular weight excluding hydrogens is 360 g/mol. The number of amides is 1. The number of carbonyl (C=O) groups is 1. The van der Waals surface area contributed by atoms with Gasteiger partial charge in [-0.3, -0.25) is 9.69 Å². The number of aromatic nitrogens is 2. The van der Waals surface area contributed by atoms with Crippen LogP contribution in [0.4, 0.5) is 5.69 Å². The van der Waals surface area contributed by atoms with E-state index in [1.807, 2.05) is 6.07 Å². The van der Waals surface area contributed by atoms with Crippen LogP contribution in [0.1, 0.15) is 71.0 Å². The van der Waals surface area contributed by atoms with Crippen LogP contribution >= 0.6 is 0 Å². The van der Waals surface area contributed by atoms with Crippen LogP contribution in [0, 0.1) is 11.8 Å². The normalized spacial score (nSPS) is 19.7. The number of nitrogens with zero attached hydrogens (tertiary/aromatic N) is 3. The Bertz CT molecular complexity index is 829. The van der Waals surface area contributed by atoms with Crippen molar-refractivity contribution in [3.63, 3.8) is 0 Å². The van der Waals surface area contributed by atoms with Crippen LogP contribution in [0.2, 0.25) is 0 Å². The Labute approximate surface area is 174 Å². The molecule has 29 heavy (non-hydrogen) atoms. The number of piperidine rings is 1. The van der Waals surface area contributed by atoms with Crippen molar-refractivity contribution in [1.82, 2.24) is 14.5 Å². The van der Waals surface area contributed by atoms with Crippen molar-refractivity contribution in [2.45, 2.75) is 78.3 Å². The number of nitrogens with one attached hydrogen (secondary N) is 1. The maximum atomic E-state index is 12.6. The first-order chi connectivity index (χ1) is 14.1. The van der Waals surface area contributed by atoms with Crippen LogP contribution < -0.4 is 5.32 Å². The maximum absolute atomic E-state index is 12.6. The molecule has 5 heteroatoms. The number of rotatable bonds is 6. The Morgan fingerprint density at radius 2 is 1.90 bits per heavy atom. The summed E-state index contributed by atoms with van der Waals surface area (Å²) in [5.74, 6) is 2.36. The molecule has 0 atom stereocenters. The van der Waals surface area contributed by atoms with E-state index in [9.17, 15) is 4.79 Å². The lowest BCUT2D eigenvalue weighted by Gasteiger charge is -2.29. The first-order valence-electron chi connectivity index (χ1n) is 11.7. The van der Waals surface area contributed by atoms with Gasteiger partial charge in [-0.1, -0.05) is 33.1 Å². The lowest BCUT2D eigenvalue weighted by atomic mass is 9.88. The molecule has 158 valence electrons.